The van der Waals surface area contributed by atoms with Crippen molar-refractivity contribution in [1.29, 1.82) is 0 Å². The van der Waals surface area contributed by atoms with Gasteiger partial charge in [0.2, 0.25) is 0 Å². The van der Waals surface area contributed by atoms with Crippen molar-refractivity contribution in [3.63, 3.8) is 0 Å². The largest absolute Gasteiger partial charge is 0.382 e. The molecule has 2 aromatic rings. The molecule has 0 atom stereocenters. The van der Waals surface area contributed by atoms with E-state index >= 15 is 0 Å². The van der Waals surface area contributed by atoms with Crippen LogP contribution in [-0.2, 0) is 6.42 Å². The summed E-state index contributed by atoms with van der Waals surface area (Å²) in [4.78, 5) is 0. The monoisotopic (exact) mass is 250 g/mol. The van der Waals surface area contributed by atoms with E-state index in [-0.39, 0.29) is 0 Å². The van der Waals surface area contributed by atoms with Crippen LogP contribution in [-0.4, -0.2) is 12.1 Å². The van der Waals surface area contributed by atoms with Gasteiger partial charge in [-0.15, -0.1) is 0 Å². The third kappa shape index (κ3) is 1.83. The zero-order valence-electron chi connectivity index (χ0n) is 10.9. The number of fused-ring (bicyclic) bond motifs is 3. The normalized spacial score (nSPS) is 23.4. The van der Waals surface area contributed by atoms with E-state index in [4.69, 9.17) is 5.73 Å². The molecule has 1 fully saturated rings. The number of nitrogens with two attached hydrogens (primary N) is 1. The van der Waals surface area contributed by atoms with Crippen LogP contribution in [0.15, 0.2) is 42.5 Å². The predicted octanol–water partition coefficient (Wildman–Crippen LogP) is 3.16. The molecule has 1 saturated carbocycles. The summed E-state index contributed by atoms with van der Waals surface area (Å²) in [6.45, 7) is 0. The fraction of sp³-hybridized carbons (Fsp3) is 0.294. The molecule has 0 aromatic heterocycles. The highest BCUT2D eigenvalue weighted by Crippen LogP contribution is 2.38. The smallest absolute Gasteiger partial charge is 0.0345 e. The van der Waals surface area contributed by atoms with E-state index in [0.717, 1.165) is 19.3 Å². The van der Waals surface area contributed by atoms with Crippen molar-refractivity contribution < 1.29 is 0 Å². The molecule has 2 heteroatoms. The van der Waals surface area contributed by atoms with Gasteiger partial charge in [0, 0.05) is 17.8 Å². The van der Waals surface area contributed by atoms with Crippen LogP contribution in [0.1, 0.15) is 24.0 Å². The van der Waals surface area contributed by atoms with Crippen LogP contribution >= 0.6 is 0 Å². The lowest BCUT2D eigenvalue weighted by Gasteiger charge is -2.33. The molecule has 0 saturated heterocycles. The molecule has 0 amide bonds. The van der Waals surface area contributed by atoms with Gasteiger partial charge in [0.15, 0.2) is 0 Å². The summed E-state index contributed by atoms with van der Waals surface area (Å²) < 4.78 is 0. The highest BCUT2D eigenvalue weighted by atomic mass is 15.0. The van der Waals surface area contributed by atoms with Crippen molar-refractivity contribution in [1.82, 2.24) is 0 Å². The minimum Gasteiger partial charge on any atom is -0.382 e. The molecule has 2 aliphatic carbocycles. The Morgan fingerprint density at radius 3 is 2.58 bits per heavy atom. The van der Waals surface area contributed by atoms with Gasteiger partial charge < -0.3 is 11.1 Å². The third-order valence-corrected chi connectivity index (χ3v) is 4.34. The van der Waals surface area contributed by atoms with Gasteiger partial charge in [0.05, 0.1) is 0 Å². The Bertz CT molecular complexity index is 627. The summed E-state index contributed by atoms with van der Waals surface area (Å²) >= 11 is 0. The molecule has 96 valence electrons. The third-order valence-electron chi connectivity index (χ3n) is 4.34. The van der Waals surface area contributed by atoms with Crippen molar-refractivity contribution >= 4 is 5.69 Å². The minimum absolute atomic E-state index is 0.399. The first-order chi connectivity index (χ1) is 9.29. The second-order valence-electron chi connectivity index (χ2n) is 5.78. The highest BCUT2D eigenvalue weighted by molar-refractivity contribution is 5.78. The molecule has 3 N–H and O–H groups in total. The van der Waals surface area contributed by atoms with E-state index in [9.17, 15) is 0 Å². The molecule has 0 bridgehead atoms. The van der Waals surface area contributed by atoms with Crippen LogP contribution in [0.4, 0.5) is 5.69 Å². The minimum atomic E-state index is 0.399. The number of nitrogens with one attached hydrogen (secondary N) is 1. The number of anilines is 1. The van der Waals surface area contributed by atoms with Gasteiger partial charge in [-0.25, -0.2) is 0 Å². The number of benzene rings is 2. The summed E-state index contributed by atoms with van der Waals surface area (Å²) in [5.74, 6) is 0. The Balaban J connectivity index is 1.61. The molecule has 0 heterocycles. The Morgan fingerprint density at radius 2 is 1.74 bits per heavy atom. The van der Waals surface area contributed by atoms with Gasteiger partial charge in [-0.05, 0) is 53.6 Å². The second-order valence-corrected chi connectivity index (χ2v) is 5.78. The van der Waals surface area contributed by atoms with E-state index in [1.165, 1.54) is 27.9 Å². The van der Waals surface area contributed by atoms with Crippen LogP contribution in [0.2, 0.25) is 0 Å². The maximum Gasteiger partial charge on any atom is 0.0345 e. The van der Waals surface area contributed by atoms with E-state index in [1.807, 2.05) is 0 Å². The van der Waals surface area contributed by atoms with Crippen molar-refractivity contribution in [2.24, 2.45) is 5.73 Å². The Labute approximate surface area is 113 Å². The average molecular weight is 250 g/mol. The molecule has 0 spiro atoms. The fourth-order valence-electron chi connectivity index (χ4n) is 3.25. The molecule has 0 aliphatic heterocycles. The summed E-state index contributed by atoms with van der Waals surface area (Å²) in [6.07, 6.45) is 3.25. The number of hydrogen-bond acceptors (Lipinski definition) is 2. The maximum absolute atomic E-state index is 5.83. The van der Waals surface area contributed by atoms with Crippen molar-refractivity contribution in [3.8, 4) is 11.1 Å². The quantitative estimate of drug-likeness (QED) is 0.733. The standard InChI is InChI=1S/C17H18N2/c18-13-9-15(10-13)19-14-5-6-17-12(8-14)7-11-3-1-2-4-16(11)17/h1-6,8,13,15,19H,7,9-10,18H2. The Hall–Kier alpha value is -1.80. The lowest BCUT2D eigenvalue weighted by Crippen LogP contribution is -2.44. The maximum atomic E-state index is 5.83. The summed E-state index contributed by atoms with van der Waals surface area (Å²) in [6, 6.07) is 16.4. The average Bonchev–Trinajstić information content (AvgIpc) is 2.74. The van der Waals surface area contributed by atoms with Gasteiger partial charge in [-0.2, -0.15) is 0 Å². The van der Waals surface area contributed by atoms with E-state index < -0.39 is 0 Å². The van der Waals surface area contributed by atoms with Crippen LogP contribution in [0.25, 0.3) is 11.1 Å². The van der Waals surface area contributed by atoms with E-state index in [1.54, 1.807) is 0 Å². The topological polar surface area (TPSA) is 38.0 Å². The van der Waals surface area contributed by atoms with Crippen molar-refractivity contribution in [2.75, 3.05) is 5.32 Å². The molecule has 19 heavy (non-hydrogen) atoms. The highest BCUT2D eigenvalue weighted by Gasteiger charge is 2.26. The van der Waals surface area contributed by atoms with E-state index in [2.05, 4.69) is 47.8 Å². The molecule has 2 aliphatic rings. The van der Waals surface area contributed by atoms with Crippen LogP contribution < -0.4 is 11.1 Å². The van der Waals surface area contributed by atoms with Crippen LogP contribution in [0.3, 0.4) is 0 Å². The zero-order valence-corrected chi connectivity index (χ0v) is 10.9. The number of rotatable bonds is 2. The SMILES string of the molecule is NC1CC(Nc2ccc3c(c2)Cc2ccccc2-3)C1. The molecule has 0 radical (unpaired) electrons. The van der Waals surface area contributed by atoms with Crippen molar-refractivity contribution in [3.05, 3.63) is 53.6 Å². The van der Waals surface area contributed by atoms with Gasteiger partial charge in [-0.1, -0.05) is 30.3 Å². The lowest BCUT2D eigenvalue weighted by molar-refractivity contribution is 0.373. The van der Waals surface area contributed by atoms with Crippen molar-refractivity contribution in [2.45, 2.75) is 31.3 Å². The molecule has 4 rings (SSSR count). The Kier molecular flexibility index (Phi) is 2.39. The zero-order chi connectivity index (χ0) is 12.8. The summed E-state index contributed by atoms with van der Waals surface area (Å²) in [5.41, 5.74) is 12.7. The fourth-order valence-corrected chi connectivity index (χ4v) is 3.25. The number of hydrogen-bond donors (Lipinski definition) is 2. The summed E-state index contributed by atoms with van der Waals surface area (Å²) in [7, 11) is 0. The lowest BCUT2D eigenvalue weighted by atomic mass is 9.87. The van der Waals surface area contributed by atoms with Crippen LogP contribution in [0, 0.1) is 0 Å². The molecular weight excluding hydrogens is 232 g/mol. The predicted molar refractivity (Wildman–Crippen MR) is 79.3 cm³/mol. The molecule has 2 aromatic carbocycles. The first-order valence-corrected chi connectivity index (χ1v) is 7.03. The molecule has 2 nitrogen and oxygen atoms in total. The first kappa shape index (κ1) is 11.1. The summed E-state index contributed by atoms with van der Waals surface area (Å²) in [5, 5.41) is 3.59. The molecule has 0 unspecified atom stereocenters. The molecular formula is C17H18N2. The van der Waals surface area contributed by atoms with Gasteiger partial charge in [0.1, 0.15) is 0 Å². The van der Waals surface area contributed by atoms with Crippen LogP contribution in [0.5, 0.6) is 0 Å². The van der Waals surface area contributed by atoms with Gasteiger partial charge in [0.25, 0.3) is 0 Å². The van der Waals surface area contributed by atoms with E-state index in [0.29, 0.717) is 12.1 Å². The Morgan fingerprint density at radius 1 is 0.947 bits per heavy atom. The van der Waals surface area contributed by atoms with Gasteiger partial charge in [-0.3, -0.25) is 0 Å². The second kappa shape index (κ2) is 4.10. The van der Waals surface area contributed by atoms with Gasteiger partial charge >= 0.3 is 0 Å². The first-order valence-electron chi connectivity index (χ1n) is 7.03.